The minimum Gasteiger partial charge on any atom is -0.423 e. The van der Waals surface area contributed by atoms with Crippen LogP contribution >= 0.6 is 0 Å². The van der Waals surface area contributed by atoms with E-state index in [1.54, 1.807) is 18.2 Å². The van der Waals surface area contributed by atoms with Gasteiger partial charge in [0.15, 0.2) is 0 Å². The molecular weight excluding hydrogens is 309 g/mol. The summed E-state index contributed by atoms with van der Waals surface area (Å²) in [6, 6.07) is 6.18. The van der Waals surface area contributed by atoms with Crippen LogP contribution in [0.25, 0.3) is 11.0 Å². The molecule has 0 amide bonds. The molecule has 0 bridgehead atoms. The first-order valence-electron chi connectivity index (χ1n) is 6.82. The van der Waals surface area contributed by atoms with Crippen molar-refractivity contribution in [1.82, 2.24) is 0 Å². The van der Waals surface area contributed by atoms with Gasteiger partial charge in [0.25, 0.3) is 0 Å². The largest absolute Gasteiger partial charge is 0.423 e. The number of halogens is 1. The highest BCUT2D eigenvalue weighted by Crippen LogP contribution is 2.19. The van der Waals surface area contributed by atoms with E-state index in [1.165, 1.54) is 12.1 Å². The van der Waals surface area contributed by atoms with Crippen LogP contribution in [0.3, 0.4) is 0 Å². The van der Waals surface area contributed by atoms with Crippen molar-refractivity contribution in [3.63, 3.8) is 0 Å². The number of carbonyl (C=O) groups is 1. The maximum atomic E-state index is 12.3. The molecule has 0 aliphatic heterocycles. The van der Waals surface area contributed by atoms with Gasteiger partial charge in [-0.3, -0.25) is 0 Å². The van der Waals surface area contributed by atoms with Crippen LogP contribution in [-0.4, -0.2) is 52.6 Å². The van der Waals surface area contributed by atoms with Crippen molar-refractivity contribution in [1.29, 1.82) is 0 Å². The van der Waals surface area contributed by atoms with Crippen molar-refractivity contribution >= 4 is 22.9 Å². The fraction of sp³-hybridized carbons (Fsp3) is 0.333. The summed E-state index contributed by atoms with van der Waals surface area (Å²) in [5.74, 6) is 0. The summed E-state index contributed by atoms with van der Waals surface area (Å²) in [6.07, 6.45) is -5.04. The molecule has 0 fully saturated rings. The highest BCUT2D eigenvalue weighted by molar-refractivity contribution is 5.81. The van der Waals surface area contributed by atoms with Gasteiger partial charge in [-0.05, 0) is 18.2 Å². The van der Waals surface area contributed by atoms with Gasteiger partial charge in [0.1, 0.15) is 42.9 Å². The number of aliphatic hydroxyl groups is 3. The second-order valence-corrected chi connectivity index (χ2v) is 5.02. The van der Waals surface area contributed by atoms with E-state index in [4.69, 9.17) is 4.42 Å². The number of fused-ring (bicyclic) bond motifs is 1. The topological polar surface area (TPSA) is 120 Å². The molecule has 8 heteroatoms. The lowest BCUT2D eigenvalue weighted by Crippen LogP contribution is -2.48. The van der Waals surface area contributed by atoms with E-state index in [0.29, 0.717) is 17.4 Å². The number of anilines is 1. The molecule has 4 atom stereocenters. The summed E-state index contributed by atoms with van der Waals surface area (Å²) < 4.78 is 17.3. The molecule has 0 saturated heterocycles. The Bertz CT molecular complexity index is 733. The number of rotatable bonds is 7. The molecule has 2 aromatic rings. The van der Waals surface area contributed by atoms with E-state index in [1.807, 2.05) is 0 Å². The zero-order valence-corrected chi connectivity index (χ0v) is 11.9. The third-order valence-corrected chi connectivity index (χ3v) is 3.37. The molecule has 0 unspecified atom stereocenters. The fourth-order valence-electron chi connectivity index (χ4n) is 2.07. The van der Waals surface area contributed by atoms with Gasteiger partial charge in [-0.25, -0.2) is 9.18 Å². The van der Waals surface area contributed by atoms with Crippen molar-refractivity contribution in [2.24, 2.45) is 0 Å². The van der Waals surface area contributed by atoms with Crippen LogP contribution in [0, 0.1) is 0 Å². The monoisotopic (exact) mass is 325 g/mol. The molecular formula is C15H16FNO6. The molecule has 23 heavy (non-hydrogen) atoms. The number of carbonyl (C=O) groups excluding carboxylic acids is 1. The number of alkyl halides is 1. The van der Waals surface area contributed by atoms with E-state index < -0.39 is 36.7 Å². The molecule has 2 rings (SSSR count). The quantitative estimate of drug-likeness (QED) is 0.412. The van der Waals surface area contributed by atoms with Gasteiger partial charge < -0.3 is 29.8 Å². The lowest BCUT2D eigenvalue weighted by atomic mass is 10.0. The van der Waals surface area contributed by atoms with Crippen molar-refractivity contribution in [2.45, 2.75) is 24.4 Å². The van der Waals surface area contributed by atoms with Crippen LogP contribution in [0.5, 0.6) is 0 Å². The van der Waals surface area contributed by atoms with Gasteiger partial charge in [0, 0.05) is 23.2 Å². The Kier molecular flexibility index (Phi) is 5.43. The van der Waals surface area contributed by atoms with Crippen LogP contribution in [0.4, 0.5) is 10.1 Å². The molecule has 1 aromatic carbocycles. The first-order chi connectivity index (χ1) is 11.0. The van der Waals surface area contributed by atoms with Gasteiger partial charge in [-0.2, -0.15) is 0 Å². The van der Waals surface area contributed by atoms with Gasteiger partial charge in [-0.1, -0.05) is 0 Å². The van der Waals surface area contributed by atoms with E-state index in [9.17, 15) is 29.3 Å². The Morgan fingerprint density at radius 2 is 1.87 bits per heavy atom. The first-order valence-corrected chi connectivity index (χ1v) is 6.82. The molecule has 0 aliphatic carbocycles. The van der Waals surface area contributed by atoms with Crippen LogP contribution < -0.4 is 10.9 Å². The number of hydrogen-bond donors (Lipinski definition) is 4. The Morgan fingerprint density at radius 3 is 2.52 bits per heavy atom. The fourth-order valence-corrected chi connectivity index (χ4v) is 2.07. The summed E-state index contributed by atoms with van der Waals surface area (Å²) in [7, 11) is 0. The Balaban J connectivity index is 2.21. The van der Waals surface area contributed by atoms with E-state index in [0.717, 1.165) is 0 Å². The predicted molar refractivity (Wildman–Crippen MR) is 80.0 cm³/mol. The van der Waals surface area contributed by atoms with Crippen LogP contribution in [-0.2, 0) is 4.79 Å². The first kappa shape index (κ1) is 17.1. The van der Waals surface area contributed by atoms with Crippen LogP contribution in [0.2, 0.25) is 0 Å². The van der Waals surface area contributed by atoms with E-state index >= 15 is 0 Å². The third-order valence-electron chi connectivity index (χ3n) is 3.37. The predicted octanol–water partition coefficient (Wildman–Crippen LogP) is -0.175. The van der Waals surface area contributed by atoms with Gasteiger partial charge in [-0.15, -0.1) is 0 Å². The van der Waals surface area contributed by atoms with Crippen molar-refractivity contribution < 1.29 is 28.9 Å². The average Bonchev–Trinajstić information content (AvgIpc) is 2.57. The Hall–Kier alpha value is -2.29. The normalized spacial score (nSPS) is 16.5. The molecule has 0 spiro atoms. The summed E-state index contributed by atoms with van der Waals surface area (Å²) in [5, 5.41) is 31.9. The maximum absolute atomic E-state index is 12.3. The summed E-state index contributed by atoms with van der Waals surface area (Å²) >= 11 is 0. The number of aliphatic hydroxyl groups excluding tert-OH is 3. The number of hydrogen-bond acceptors (Lipinski definition) is 7. The molecule has 1 aromatic heterocycles. The molecule has 0 radical (unpaired) electrons. The average molecular weight is 325 g/mol. The van der Waals surface area contributed by atoms with Gasteiger partial charge in [0.2, 0.25) is 0 Å². The number of nitrogens with one attached hydrogen (secondary N) is 1. The highest BCUT2D eigenvalue weighted by Gasteiger charge is 2.31. The lowest BCUT2D eigenvalue weighted by Gasteiger charge is -2.26. The Morgan fingerprint density at radius 1 is 1.17 bits per heavy atom. The van der Waals surface area contributed by atoms with Crippen LogP contribution in [0.1, 0.15) is 0 Å². The van der Waals surface area contributed by atoms with Crippen molar-refractivity contribution in [3.05, 3.63) is 40.8 Å². The second-order valence-electron chi connectivity index (χ2n) is 5.02. The van der Waals surface area contributed by atoms with Crippen molar-refractivity contribution in [3.8, 4) is 0 Å². The number of aldehydes is 1. The number of benzene rings is 1. The smallest absolute Gasteiger partial charge is 0.336 e. The summed E-state index contributed by atoms with van der Waals surface area (Å²) in [6.45, 7) is -1.26. The standard InChI is InChI=1S/C15H16FNO6/c16-6-11(19)15(22)14(21)10(7-18)17-9-3-1-8-2-4-13(20)23-12(8)5-9/h1-5,7,10-11,14-15,17,19,21-22H,6H2/t10-,11+,14+,15+/m0/s1. The van der Waals surface area contributed by atoms with E-state index in [2.05, 4.69) is 5.32 Å². The molecule has 124 valence electrons. The molecule has 0 saturated carbocycles. The minimum atomic E-state index is -1.83. The SMILES string of the molecule is O=C[C@H](Nc1ccc2ccc(=O)oc2c1)[C@@H](O)[C@H](O)[C@H](O)CF. The summed E-state index contributed by atoms with van der Waals surface area (Å²) in [4.78, 5) is 22.3. The molecule has 7 nitrogen and oxygen atoms in total. The van der Waals surface area contributed by atoms with Gasteiger partial charge >= 0.3 is 5.63 Å². The van der Waals surface area contributed by atoms with Crippen LogP contribution in [0.15, 0.2) is 39.5 Å². The maximum Gasteiger partial charge on any atom is 0.336 e. The lowest BCUT2D eigenvalue weighted by molar-refractivity contribution is -0.116. The van der Waals surface area contributed by atoms with E-state index in [-0.39, 0.29) is 5.58 Å². The van der Waals surface area contributed by atoms with Gasteiger partial charge in [0.05, 0.1) is 0 Å². The zero-order chi connectivity index (χ0) is 17.0. The van der Waals surface area contributed by atoms with Crippen molar-refractivity contribution in [2.75, 3.05) is 12.0 Å². The molecule has 0 aliphatic rings. The summed E-state index contributed by atoms with van der Waals surface area (Å²) in [5.41, 5.74) is 0.0685. The zero-order valence-electron chi connectivity index (χ0n) is 11.9. The Labute approximate surface area is 130 Å². The highest BCUT2D eigenvalue weighted by atomic mass is 19.1. The molecule has 4 N–H and O–H groups in total. The molecule has 1 heterocycles. The third kappa shape index (κ3) is 3.92. The minimum absolute atomic E-state index is 0.269. The second kappa shape index (κ2) is 7.32.